The molecule has 0 aliphatic heterocycles. The third kappa shape index (κ3) is 3.48. The zero-order chi connectivity index (χ0) is 14.4. The molecule has 1 saturated carbocycles. The fourth-order valence-electron chi connectivity index (χ4n) is 3.13. The van der Waals surface area contributed by atoms with Crippen molar-refractivity contribution in [2.75, 3.05) is 6.61 Å². The van der Waals surface area contributed by atoms with Gasteiger partial charge in [-0.15, -0.1) is 0 Å². The Labute approximate surface area is 121 Å². The molecule has 1 unspecified atom stereocenters. The Hall–Kier alpha value is -1.16. The molecule has 4 nitrogen and oxygen atoms in total. The van der Waals surface area contributed by atoms with Gasteiger partial charge < -0.3 is 9.30 Å². The molecule has 20 heavy (non-hydrogen) atoms. The van der Waals surface area contributed by atoms with Gasteiger partial charge in [0.1, 0.15) is 6.10 Å². The molecule has 0 bridgehead atoms. The molecule has 1 aromatic rings. The van der Waals surface area contributed by atoms with Crippen LogP contribution in [0.5, 0.6) is 0 Å². The molecule has 1 heterocycles. The van der Waals surface area contributed by atoms with Crippen LogP contribution in [0.15, 0.2) is 12.4 Å². The largest absolute Gasteiger partial charge is 0.370 e. The van der Waals surface area contributed by atoms with Crippen LogP contribution in [0, 0.1) is 5.92 Å². The van der Waals surface area contributed by atoms with E-state index in [1.54, 1.807) is 6.20 Å². The van der Waals surface area contributed by atoms with E-state index in [1.807, 2.05) is 17.7 Å². The summed E-state index contributed by atoms with van der Waals surface area (Å²) in [6, 6.07) is 0. The van der Waals surface area contributed by atoms with Crippen LogP contribution in [-0.4, -0.2) is 28.0 Å². The zero-order valence-electron chi connectivity index (χ0n) is 12.7. The first kappa shape index (κ1) is 15.2. The molecule has 1 aliphatic carbocycles. The highest BCUT2D eigenvalue weighted by molar-refractivity contribution is 5.96. The normalized spacial score (nSPS) is 18.1. The second-order valence-corrected chi connectivity index (χ2v) is 5.58. The topological polar surface area (TPSA) is 44.1 Å². The van der Waals surface area contributed by atoms with Crippen LogP contribution in [-0.2, 0) is 11.3 Å². The van der Waals surface area contributed by atoms with Crippen molar-refractivity contribution in [2.45, 2.75) is 65.0 Å². The summed E-state index contributed by atoms with van der Waals surface area (Å²) < 4.78 is 7.75. The van der Waals surface area contributed by atoms with Crippen molar-refractivity contribution in [3.05, 3.63) is 18.2 Å². The van der Waals surface area contributed by atoms with Crippen LogP contribution >= 0.6 is 0 Å². The predicted molar refractivity (Wildman–Crippen MR) is 78.8 cm³/mol. The summed E-state index contributed by atoms with van der Waals surface area (Å²) >= 11 is 0. The van der Waals surface area contributed by atoms with E-state index in [1.165, 1.54) is 19.3 Å². The minimum absolute atomic E-state index is 0.0669. The fourth-order valence-corrected chi connectivity index (χ4v) is 3.13. The average molecular weight is 278 g/mol. The Kier molecular flexibility index (Phi) is 5.77. The van der Waals surface area contributed by atoms with Gasteiger partial charge in [-0.05, 0) is 32.1 Å². The van der Waals surface area contributed by atoms with E-state index in [2.05, 4.69) is 11.9 Å². The summed E-state index contributed by atoms with van der Waals surface area (Å²) in [5.74, 6) is 0.996. The van der Waals surface area contributed by atoms with Gasteiger partial charge >= 0.3 is 0 Å². The molecule has 112 valence electrons. The lowest BCUT2D eigenvalue weighted by Crippen LogP contribution is -2.35. The van der Waals surface area contributed by atoms with Crippen molar-refractivity contribution < 1.29 is 9.53 Å². The number of aryl methyl sites for hydroxylation is 1. The van der Waals surface area contributed by atoms with E-state index in [0.29, 0.717) is 18.3 Å². The van der Waals surface area contributed by atoms with Gasteiger partial charge in [-0.3, -0.25) is 4.79 Å². The van der Waals surface area contributed by atoms with Crippen molar-refractivity contribution in [3.63, 3.8) is 0 Å². The molecule has 0 saturated heterocycles. The Morgan fingerprint density at radius 1 is 1.40 bits per heavy atom. The van der Waals surface area contributed by atoms with Crippen molar-refractivity contribution in [2.24, 2.45) is 5.92 Å². The quantitative estimate of drug-likeness (QED) is 0.717. The Balaban J connectivity index is 2.14. The van der Waals surface area contributed by atoms with Crippen LogP contribution in [0.2, 0.25) is 0 Å². The molecule has 0 aromatic carbocycles. The number of ketones is 1. The molecule has 0 amide bonds. The van der Waals surface area contributed by atoms with Crippen LogP contribution in [0.3, 0.4) is 0 Å². The maximum absolute atomic E-state index is 12.8. The van der Waals surface area contributed by atoms with E-state index < -0.39 is 0 Å². The van der Waals surface area contributed by atoms with E-state index >= 15 is 0 Å². The first-order valence-electron chi connectivity index (χ1n) is 7.94. The molecule has 1 aromatic heterocycles. The lowest BCUT2D eigenvalue weighted by Gasteiger charge is -2.28. The molecule has 4 heteroatoms. The Morgan fingerprint density at radius 3 is 2.80 bits per heavy atom. The second-order valence-electron chi connectivity index (χ2n) is 5.58. The first-order chi connectivity index (χ1) is 9.77. The number of rotatable bonds is 7. The van der Waals surface area contributed by atoms with Gasteiger partial charge in [0.15, 0.2) is 5.82 Å². The number of carbonyl (C=O) groups excluding carboxylic acids is 1. The molecular formula is C16H26N2O2. The molecule has 0 radical (unpaired) electrons. The van der Waals surface area contributed by atoms with E-state index in [4.69, 9.17) is 4.74 Å². The summed E-state index contributed by atoms with van der Waals surface area (Å²) in [5.41, 5.74) is 0. The van der Waals surface area contributed by atoms with Crippen LogP contribution in [0.25, 0.3) is 0 Å². The van der Waals surface area contributed by atoms with Crippen LogP contribution in [0.1, 0.15) is 63.0 Å². The molecule has 1 atom stereocenters. The van der Waals surface area contributed by atoms with E-state index in [-0.39, 0.29) is 11.9 Å². The Morgan fingerprint density at radius 2 is 2.15 bits per heavy atom. The van der Waals surface area contributed by atoms with Gasteiger partial charge in [-0.1, -0.05) is 26.2 Å². The maximum Gasteiger partial charge on any atom is 0.227 e. The molecule has 2 rings (SSSR count). The van der Waals surface area contributed by atoms with E-state index in [9.17, 15) is 4.79 Å². The van der Waals surface area contributed by atoms with Crippen LogP contribution < -0.4 is 0 Å². The number of aromatic nitrogens is 2. The van der Waals surface area contributed by atoms with Crippen molar-refractivity contribution in [1.29, 1.82) is 0 Å². The third-order valence-corrected chi connectivity index (χ3v) is 4.08. The van der Waals surface area contributed by atoms with E-state index in [0.717, 1.165) is 25.8 Å². The van der Waals surface area contributed by atoms with Gasteiger partial charge in [0.25, 0.3) is 0 Å². The zero-order valence-corrected chi connectivity index (χ0v) is 12.7. The standard InChI is InChI=1S/C16H26N2O2/c1-3-11-18-12-10-17-16(18)14(19)15(20-4-2)13-8-6-5-7-9-13/h10,12-13,15H,3-9,11H2,1-2H3. The monoisotopic (exact) mass is 278 g/mol. The number of hydrogen-bond acceptors (Lipinski definition) is 3. The van der Waals surface area contributed by atoms with Gasteiger partial charge in [0.2, 0.25) is 5.78 Å². The first-order valence-corrected chi connectivity index (χ1v) is 7.94. The lowest BCUT2D eigenvalue weighted by molar-refractivity contribution is 0.0116. The van der Waals surface area contributed by atoms with Gasteiger partial charge in [-0.2, -0.15) is 0 Å². The molecular weight excluding hydrogens is 252 g/mol. The average Bonchev–Trinajstić information content (AvgIpc) is 2.94. The SMILES string of the molecule is CCCn1ccnc1C(=O)C(OCC)C1CCCCC1. The van der Waals surface area contributed by atoms with Crippen molar-refractivity contribution in [3.8, 4) is 0 Å². The number of nitrogens with zero attached hydrogens (tertiary/aromatic N) is 2. The predicted octanol–water partition coefficient (Wildman–Crippen LogP) is 3.46. The molecule has 1 aliphatic rings. The molecule has 0 spiro atoms. The fraction of sp³-hybridized carbons (Fsp3) is 0.750. The second kappa shape index (κ2) is 7.58. The summed E-state index contributed by atoms with van der Waals surface area (Å²) in [7, 11) is 0. The van der Waals surface area contributed by atoms with Crippen molar-refractivity contribution >= 4 is 5.78 Å². The summed E-state index contributed by atoms with van der Waals surface area (Å²) in [6.45, 7) is 5.49. The summed E-state index contributed by atoms with van der Waals surface area (Å²) in [4.78, 5) is 17.0. The van der Waals surface area contributed by atoms with Gasteiger partial charge in [-0.25, -0.2) is 4.98 Å². The summed E-state index contributed by atoms with van der Waals surface area (Å²) in [6.07, 6.45) is 10.2. The van der Waals surface area contributed by atoms with Crippen molar-refractivity contribution in [1.82, 2.24) is 9.55 Å². The number of hydrogen-bond donors (Lipinski definition) is 0. The maximum atomic E-state index is 12.8. The minimum atomic E-state index is -0.307. The number of carbonyl (C=O) groups is 1. The smallest absolute Gasteiger partial charge is 0.227 e. The Bertz CT molecular complexity index is 422. The highest BCUT2D eigenvalue weighted by Crippen LogP contribution is 2.29. The number of ether oxygens (including phenoxy) is 1. The highest BCUT2D eigenvalue weighted by atomic mass is 16.5. The van der Waals surface area contributed by atoms with Gasteiger partial charge in [0.05, 0.1) is 0 Å². The number of Topliss-reactive ketones (excluding diaryl/α,β-unsaturated/α-hetero) is 1. The lowest BCUT2D eigenvalue weighted by atomic mass is 9.83. The molecule has 1 fully saturated rings. The minimum Gasteiger partial charge on any atom is -0.370 e. The molecule has 0 N–H and O–H groups in total. The highest BCUT2D eigenvalue weighted by Gasteiger charge is 2.32. The number of imidazole rings is 1. The van der Waals surface area contributed by atoms with Gasteiger partial charge in [0, 0.05) is 25.5 Å². The van der Waals surface area contributed by atoms with Crippen LogP contribution in [0.4, 0.5) is 0 Å². The third-order valence-electron chi connectivity index (χ3n) is 4.08. The summed E-state index contributed by atoms with van der Waals surface area (Å²) in [5, 5.41) is 0.